The van der Waals surface area contributed by atoms with E-state index in [4.69, 9.17) is 0 Å². The summed E-state index contributed by atoms with van der Waals surface area (Å²) in [5.41, 5.74) is 0.856. The number of amides is 1. The summed E-state index contributed by atoms with van der Waals surface area (Å²) in [6.45, 7) is 0. The molecule has 1 aromatic carbocycles. The molecular weight excluding hydrogens is 380 g/mol. The SMILES string of the molecule is O=C1CS[C@H](c2cccc([N+](=O)[O-])c2)c2c(n(C3CCCCCC3)[nH]c2=O)N1. The Bertz CT molecular complexity index is 959. The molecule has 0 unspecified atom stereocenters. The summed E-state index contributed by atoms with van der Waals surface area (Å²) < 4.78 is 1.83. The number of anilines is 1. The first-order valence-corrected chi connectivity index (χ1v) is 10.6. The first-order chi connectivity index (χ1) is 13.5. The zero-order chi connectivity index (χ0) is 19.7. The van der Waals surface area contributed by atoms with Crippen molar-refractivity contribution in [2.75, 3.05) is 11.1 Å². The van der Waals surface area contributed by atoms with Gasteiger partial charge in [0.25, 0.3) is 11.2 Å². The van der Waals surface area contributed by atoms with Gasteiger partial charge < -0.3 is 5.32 Å². The number of benzene rings is 1. The van der Waals surface area contributed by atoms with Crippen LogP contribution in [0.25, 0.3) is 0 Å². The van der Waals surface area contributed by atoms with Crippen LogP contribution in [0.3, 0.4) is 0 Å². The highest BCUT2D eigenvalue weighted by molar-refractivity contribution is 8.00. The van der Waals surface area contributed by atoms with Crippen LogP contribution in [0, 0.1) is 10.1 Å². The average molecular weight is 402 g/mol. The maximum atomic E-state index is 12.9. The van der Waals surface area contributed by atoms with Crippen LogP contribution in [0.5, 0.6) is 0 Å². The highest BCUT2D eigenvalue weighted by Gasteiger charge is 2.32. The van der Waals surface area contributed by atoms with Gasteiger partial charge in [-0.15, -0.1) is 11.8 Å². The van der Waals surface area contributed by atoms with Gasteiger partial charge in [0.15, 0.2) is 0 Å². The number of rotatable bonds is 3. The van der Waals surface area contributed by atoms with Gasteiger partial charge >= 0.3 is 0 Å². The van der Waals surface area contributed by atoms with E-state index in [-0.39, 0.29) is 28.9 Å². The second-order valence-corrected chi connectivity index (χ2v) is 8.40. The lowest BCUT2D eigenvalue weighted by Crippen LogP contribution is -2.19. The summed E-state index contributed by atoms with van der Waals surface area (Å²) in [7, 11) is 0. The van der Waals surface area contributed by atoms with Gasteiger partial charge in [-0.3, -0.25) is 29.5 Å². The van der Waals surface area contributed by atoms with Crippen LogP contribution in [-0.2, 0) is 4.79 Å². The molecule has 0 spiro atoms. The fourth-order valence-corrected chi connectivity index (χ4v) is 5.21. The van der Waals surface area contributed by atoms with Gasteiger partial charge in [-0.05, 0) is 18.4 Å². The molecule has 1 fully saturated rings. The molecule has 1 aliphatic heterocycles. The van der Waals surface area contributed by atoms with Crippen LogP contribution in [0.2, 0.25) is 0 Å². The number of hydrogen-bond donors (Lipinski definition) is 2. The number of non-ortho nitro benzene ring substituents is 1. The number of nitro benzene ring substituents is 1. The van der Waals surface area contributed by atoms with E-state index in [1.54, 1.807) is 12.1 Å². The Kier molecular flexibility index (Phi) is 5.25. The smallest absolute Gasteiger partial charge is 0.270 e. The van der Waals surface area contributed by atoms with Crippen LogP contribution >= 0.6 is 11.8 Å². The van der Waals surface area contributed by atoms with Gasteiger partial charge in [0.2, 0.25) is 5.91 Å². The Morgan fingerprint density at radius 3 is 2.61 bits per heavy atom. The summed E-state index contributed by atoms with van der Waals surface area (Å²) >= 11 is 1.32. The molecule has 2 N–H and O–H groups in total. The predicted octanol–water partition coefficient (Wildman–Crippen LogP) is 3.75. The van der Waals surface area contributed by atoms with Crippen LogP contribution < -0.4 is 10.9 Å². The maximum absolute atomic E-state index is 12.9. The quantitative estimate of drug-likeness (QED) is 0.461. The van der Waals surface area contributed by atoms with E-state index in [0.717, 1.165) is 25.7 Å². The Morgan fingerprint density at radius 1 is 1.14 bits per heavy atom. The molecule has 8 nitrogen and oxygen atoms in total. The van der Waals surface area contributed by atoms with E-state index in [0.29, 0.717) is 16.9 Å². The second-order valence-electron chi connectivity index (χ2n) is 7.31. The number of nitrogens with one attached hydrogen (secondary N) is 2. The molecule has 1 amide bonds. The minimum Gasteiger partial charge on any atom is -0.310 e. The van der Waals surface area contributed by atoms with Crippen molar-refractivity contribution in [3.05, 3.63) is 55.9 Å². The van der Waals surface area contributed by atoms with E-state index in [2.05, 4.69) is 10.4 Å². The monoisotopic (exact) mass is 402 g/mol. The Labute approximate surface area is 165 Å². The number of hydrogen-bond acceptors (Lipinski definition) is 5. The van der Waals surface area contributed by atoms with E-state index >= 15 is 0 Å². The minimum absolute atomic E-state index is 0.0252. The number of H-pyrrole nitrogens is 1. The summed E-state index contributed by atoms with van der Waals surface area (Å²) in [4.78, 5) is 36.0. The number of fused-ring (bicyclic) bond motifs is 1. The van der Waals surface area contributed by atoms with Crippen molar-refractivity contribution in [1.82, 2.24) is 9.78 Å². The summed E-state index contributed by atoms with van der Waals surface area (Å²) in [6, 6.07) is 6.44. The number of carbonyl (C=O) groups excluding carboxylic acids is 1. The van der Waals surface area contributed by atoms with Crippen LogP contribution in [0.1, 0.15) is 60.9 Å². The van der Waals surface area contributed by atoms with Crippen molar-refractivity contribution in [2.45, 2.75) is 49.8 Å². The molecule has 0 radical (unpaired) electrons. The lowest BCUT2D eigenvalue weighted by Gasteiger charge is -2.19. The van der Waals surface area contributed by atoms with Crippen molar-refractivity contribution in [2.24, 2.45) is 0 Å². The molecule has 1 saturated carbocycles. The van der Waals surface area contributed by atoms with Crippen molar-refractivity contribution in [3.8, 4) is 0 Å². The fourth-order valence-electron chi connectivity index (χ4n) is 4.10. The molecule has 1 atom stereocenters. The average Bonchev–Trinajstić information content (AvgIpc) is 2.90. The third-order valence-corrected chi connectivity index (χ3v) is 6.71. The van der Waals surface area contributed by atoms with Gasteiger partial charge in [0, 0.05) is 12.1 Å². The first kappa shape index (κ1) is 18.8. The van der Waals surface area contributed by atoms with Crippen molar-refractivity contribution in [1.29, 1.82) is 0 Å². The molecule has 2 aromatic rings. The number of thioether (sulfide) groups is 1. The molecule has 1 aliphatic carbocycles. The van der Waals surface area contributed by atoms with Gasteiger partial charge in [-0.25, -0.2) is 0 Å². The zero-order valence-electron chi connectivity index (χ0n) is 15.3. The number of aromatic nitrogens is 2. The lowest BCUT2D eigenvalue weighted by molar-refractivity contribution is -0.384. The fraction of sp³-hybridized carbons (Fsp3) is 0.474. The molecule has 1 aromatic heterocycles. The molecule has 4 rings (SSSR count). The largest absolute Gasteiger partial charge is 0.310 e. The van der Waals surface area contributed by atoms with Gasteiger partial charge in [0.05, 0.1) is 27.5 Å². The standard InChI is InChI=1S/C19H22N4O4S/c24-15-11-28-17(12-6-5-9-14(10-12)23(26)27)16-18(20-15)22(21-19(16)25)13-7-3-1-2-4-8-13/h5-6,9-10,13,17H,1-4,7-8,11H2,(H,20,24)(H,21,25)/t17-/m1/s1. The van der Waals surface area contributed by atoms with E-state index in [9.17, 15) is 19.7 Å². The van der Waals surface area contributed by atoms with Gasteiger partial charge in [-0.1, -0.05) is 37.8 Å². The highest BCUT2D eigenvalue weighted by Crippen LogP contribution is 2.42. The molecule has 0 saturated heterocycles. The molecule has 2 aliphatic rings. The molecule has 9 heteroatoms. The van der Waals surface area contributed by atoms with Crippen LogP contribution in [0.15, 0.2) is 29.1 Å². The number of carbonyl (C=O) groups is 1. The number of nitro groups is 1. The molecule has 148 valence electrons. The third kappa shape index (κ3) is 3.58. The summed E-state index contributed by atoms with van der Waals surface area (Å²) in [5, 5.41) is 16.6. The number of nitrogens with zero attached hydrogens (tertiary/aromatic N) is 2. The lowest BCUT2D eigenvalue weighted by atomic mass is 10.0. The van der Waals surface area contributed by atoms with Crippen LogP contribution in [0.4, 0.5) is 11.5 Å². The first-order valence-electron chi connectivity index (χ1n) is 9.55. The van der Waals surface area contributed by atoms with E-state index in [1.165, 1.54) is 36.7 Å². The van der Waals surface area contributed by atoms with E-state index < -0.39 is 10.2 Å². The third-order valence-electron chi connectivity index (χ3n) is 5.44. The molecule has 28 heavy (non-hydrogen) atoms. The van der Waals surface area contributed by atoms with Crippen molar-refractivity contribution in [3.63, 3.8) is 0 Å². The maximum Gasteiger partial charge on any atom is 0.270 e. The molecular formula is C19H22N4O4S. The van der Waals surface area contributed by atoms with E-state index in [1.807, 2.05) is 4.68 Å². The normalized spacial score (nSPS) is 20.7. The highest BCUT2D eigenvalue weighted by atomic mass is 32.2. The Hall–Kier alpha value is -2.55. The molecule has 0 bridgehead atoms. The Morgan fingerprint density at radius 2 is 1.89 bits per heavy atom. The van der Waals surface area contributed by atoms with Crippen LogP contribution in [-0.4, -0.2) is 26.4 Å². The van der Waals surface area contributed by atoms with Crippen molar-refractivity contribution >= 4 is 29.2 Å². The summed E-state index contributed by atoms with van der Waals surface area (Å²) in [6.07, 6.45) is 6.47. The summed E-state index contributed by atoms with van der Waals surface area (Å²) in [5.74, 6) is 0.538. The van der Waals surface area contributed by atoms with Gasteiger partial charge in [0.1, 0.15) is 5.82 Å². The van der Waals surface area contributed by atoms with Crippen molar-refractivity contribution < 1.29 is 9.72 Å². The topological polar surface area (TPSA) is 110 Å². The molecule has 2 heterocycles. The Balaban J connectivity index is 1.80. The second kappa shape index (κ2) is 7.83. The zero-order valence-corrected chi connectivity index (χ0v) is 16.2. The van der Waals surface area contributed by atoms with Gasteiger partial charge in [-0.2, -0.15) is 0 Å². The predicted molar refractivity (Wildman–Crippen MR) is 108 cm³/mol. The minimum atomic E-state index is -0.448. The number of aromatic amines is 1.